The van der Waals surface area contributed by atoms with Gasteiger partial charge in [-0.2, -0.15) is 0 Å². The van der Waals surface area contributed by atoms with Crippen molar-refractivity contribution in [2.24, 2.45) is 5.92 Å². The number of hydrogen-bond donors (Lipinski definition) is 1. The van der Waals surface area contributed by atoms with Crippen molar-refractivity contribution in [3.8, 4) is 0 Å². The maximum atomic E-state index is 11.3. The zero-order valence-electron chi connectivity index (χ0n) is 7.88. The maximum Gasteiger partial charge on any atom is 0.238 e. The summed E-state index contributed by atoms with van der Waals surface area (Å²) in [5.74, 6) is 0.113. The summed E-state index contributed by atoms with van der Waals surface area (Å²) in [5, 5.41) is 2.29. The minimum absolute atomic E-state index is 0.0698. The summed E-state index contributed by atoms with van der Waals surface area (Å²) in [7, 11) is 0. The number of alkyl halides is 1. The van der Waals surface area contributed by atoms with E-state index < -0.39 is 5.38 Å². The zero-order chi connectivity index (χ0) is 9.68. The third-order valence-electron chi connectivity index (χ3n) is 2.21. The zero-order valence-corrected chi connectivity index (χ0v) is 8.64. The van der Waals surface area contributed by atoms with Gasteiger partial charge < -0.3 is 10.1 Å². The normalized spacial score (nSPS) is 25.2. The number of amides is 1. The molecule has 1 aliphatic heterocycles. The lowest BCUT2D eigenvalue weighted by atomic mass is 9.98. The van der Waals surface area contributed by atoms with Gasteiger partial charge in [0.2, 0.25) is 5.91 Å². The highest BCUT2D eigenvalue weighted by Gasteiger charge is 2.27. The van der Waals surface area contributed by atoms with Gasteiger partial charge >= 0.3 is 0 Å². The molecule has 0 aromatic heterocycles. The molecule has 13 heavy (non-hydrogen) atoms. The summed E-state index contributed by atoms with van der Waals surface area (Å²) in [6.45, 7) is 3.94. The Hall–Kier alpha value is -0.280. The Balaban J connectivity index is 2.35. The summed E-state index contributed by atoms with van der Waals surface area (Å²) in [6, 6.07) is 0. The summed E-state index contributed by atoms with van der Waals surface area (Å²) in [4.78, 5) is 11.3. The quantitative estimate of drug-likeness (QED) is 0.703. The minimum atomic E-state index is -0.430. The van der Waals surface area contributed by atoms with Crippen LogP contribution in [-0.2, 0) is 9.53 Å². The molecule has 2 unspecified atom stereocenters. The molecule has 0 aromatic carbocycles. The average Bonchev–Trinajstić information content (AvgIpc) is 2.18. The van der Waals surface area contributed by atoms with Crippen molar-refractivity contribution >= 4 is 17.5 Å². The second-order valence-corrected chi connectivity index (χ2v) is 3.74. The molecule has 3 nitrogen and oxygen atoms in total. The number of halogens is 1. The van der Waals surface area contributed by atoms with E-state index in [4.69, 9.17) is 16.3 Å². The van der Waals surface area contributed by atoms with E-state index in [0.717, 1.165) is 19.4 Å². The first kappa shape index (κ1) is 10.8. The minimum Gasteiger partial charge on any atom is -0.381 e. The number of carbonyl (C=O) groups excluding carboxylic acids is 1. The third-order valence-corrected chi connectivity index (χ3v) is 2.77. The van der Waals surface area contributed by atoms with Crippen LogP contribution in [-0.4, -0.2) is 31.0 Å². The lowest BCUT2D eigenvalue weighted by Crippen LogP contribution is -2.38. The second-order valence-electron chi connectivity index (χ2n) is 3.27. The van der Waals surface area contributed by atoms with Crippen LogP contribution in [0.25, 0.3) is 0 Å². The van der Waals surface area contributed by atoms with Crippen LogP contribution in [0.3, 0.4) is 0 Å². The van der Waals surface area contributed by atoms with Gasteiger partial charge in [-0.25, -0.2) is 0 Å². The van der Waals surface area contributed by atoms with Crippen LogP contribution in [0.2, 0.25) is 0 Å². The first-order valence-corrected chi connectivity index (χ1v) is 5.19. The number of rotatable bonds is 3. The summed E-state index contributed by atoms with van der Waals surface area (Å²) in [5.41, 5.74) is 0. The molecule has 0 saturated carbocycles. The van der Waals surface area contributed by atoms with Crippen LogP contribution >= 0.6 is 11.6 Å². The molecule has 1 aliphatic rings. The first-order valence-electron chi connectivity index (χ1n) is 4.75. The van der Waals surface area contributed by atoms with Crippen molar-refractivity contribution in [2.45, 2.75) is 25.1 Å². The van der Waals surface area contributed by atoms with Crippen LogP contribution < -0.4 is 5.32 Å². The molecule has 1 N–H and O–H groups in total. The van der Waals surface area contributed by atoms with E-state index in [9.17, 15) is 4.79 Å². The first-order chi connectivity index (χ1) is 6.25. The predicted octanol–water partition coefficient (Wildman–Crippen LogP) is 1.16. The van der Waals surface area contributed by atoms with E-state index >= 15 is 0 Å². The Morgan fingerprint density at radius 3 is 3.08 bits per heavy atom. The molecular formula is C9H16ClNO2. The van der Waals surface area contributed by atoms with E-state index in [0.29, 0.717) is 13.2 Å². The van der Waals surface area contributed by atoms with E-state index in [1.807, 2.05) is 6.92 Å². The van der Waals surface area contributed by atoms with Crippen molar-refractivity contribution in [2.75, 3.05) is 19.8 Å². The predicted molar refractivity (Wildman–Crippen MR) is 51.9 cm³/mol. The summed E-state index contributed by atoms with van der Waals surface area (Å²) >= 11 is 6.00. The van der Waals surface area contributed by atoms with Crippen molar-refractivity contribution in [3.63, 3.8) is 0 Å². The molecule has 1 amide bonds. The van der Waals surface area contributed by atoms with Gasteiger partial charge in [0.15, 0.2) is 0 Å². The number of carbonyl (C=O) groups is 1. The maximum absolute atomic E-state index is 11.3. The van der Waals surface area contributed by atoms with Crippen LogP contribution in [0.5, 0.6) is 0 Å². The van der Waals surface area contributed by atoms with E-state index in [-0.39, 0.29) is 11.8 Å². The molecule has 4 heteroatoms. The fraction of sp³-hybridized carbons (Fsp3) is 0.889. The molecule has 0 aliphatic carbocycles. The molecule has 0 spiro atoms. The summed E-state index contributed by atoms with van der Waals surface area (Å²) < 4.78 is 5.27. The molecular weight excluding hydrogens is 190 g/mol. The van der Waals surface area contributed by atoms with Crippen LogP contribution in [0.4, 0.5) is 0 Å². The van der Waals surface area contributed by atoms with E-state index in [1.165, 1.54) is 0 Å². The smallest absolute Gasteiger partial charge is 0.238 e. The van der Waals surface area contributed by atoms with Crippen LogP contribution in [0.1, 0.15) is 19.8 Å². The van der Waals surface area contributed by atoms with Gasteiger partial charge in [-0.1, -0.05) is 0 Å². The molecule has 0 aromatic rings. The van der Waals surface area contributed by atoms with Crippen molar-refractivity contribution in [3.05, 3.63) is 0 Å². The number of hydrogen-bond acceptors (Lipinski definition) is 2. The SMILES string of the molecule is CCNC(=O)C(Cl)C1CCCOC1. The average molecular weight is 206 g/mol. The molecule has 1 fully saturated rings. The fourth-order valence-electron chi connectivity index (χ4n) is 1.48. The Kier molecular flexibility index (Phi) is 4.53. The molecule has 1 saturated heterocycles. The number of ether oxygens (including phenoxy) is 1. The van der Waals surface area contributed by atoms with Crippen molar-refractivity contribution in [1.29, 1.82) is 0 Å². The lowest BCUT2D eigenvalue weighted by Gasteiger charge is -2.25. The van der Waals surface area contributed by atoms with Crippen LogP contribution in [0, 0.1) is 5.92 Å². The van der Waals surface area contributed by atoms with Gasteiger partial charge in [0, 0.05) is 19.1 Å². The number of nitrogens with one attached hydrogen (secondary N) is 1. The second kappa shape index (κ2) is 5.45. The van der Waals surface area contributed by atoms with Gasteiger partial charge in [0.25, 0.3) is 0 Å². The molecule has 76 valence electrons. The monoisotopic (exact) mass is 205 g/mol. The molecule has 1 heterocycles. The van der Waals surface area contributed by atoms with Gasteiger partial charge in [0.05, 0.1) is 6.61 Å². The Labute approximate surface area is 83.8 Å². The Bertz CT molecular complexity index is 169. The Morgan fingerprint density at radius 1 is 1.77 bits per heavy atom. The van der Waals surface area contributed by atoms with E-state index in [2.05, 4.69) is 5.32 Å². The highest BCUT2D eigenvalue weighted by atomic mass is 35.5. The molecule has 0 bridgehead atoms. The van der Waals surface area contributed by atoms with Crippen molar-refractivity contribution in [1.82, 2.24) is 5.32 Å². The van der Waals surface area contributed by atoms with Gasteiger partial charge in [-0.05, 0) is 19.8 Å². The lowest BCUT2D eigenvalue weighted by molar-refractivity contribution is -0.122. The molecule has 0 radical (unpaired) electrons. The molecule has 2 atom stereocenters. The largest absolute Gasteiger partial charge is 0.381 e. The summed E-state index contributed by atoms with van der Waals surface area (Å²) in [6.07, 6.45) is 2.00. The van der Waals surface area contributed by atoms with E-state index in [1.54, 1.807) is 0 Å². The molecule has 1 rings (SSSR count). The third kappa shape index (κ3) is 3.16. The van der Waals surface area contributed by atoms with Crippen LogP contribution in [0.15, 0.2) is 0 Å². The fourth-order valence-corrected chi connectivity index (χ4v) is 1.76. The highest BCUT2D eigenvalue weighted by molar-refractivity contribution is 6.30. The van der Waals surface area contributed by atoms with Crippen molar-refractivity contribution < 1.29 is 9.53 Å². The Morgan fingerprint density at radius 2 is 2.54 bits per heavy atom. The van der Waals surface area contributed by atoms with Gasteiger partial charge in [0.1, 0.15) is 5.38 Å². The standard InChI is InChI=1S/C9H16ClNO2/c1-2-11-9(12)8(10)7-4-3-5-13-6-7/h7-8H,2-6H2,1H3,(H,11,12). The van der Waals surface area contributed by atoms with Gasteiger partial charge in [-0.15, -0.1) is 11.6 Å². The topological polar surface area (TPSA) is 38.3 Å². The highest BCUT2D eigenvalue weighted by Crippen LogP contribution is 2.21. The van der Waals surface area contributed by atoms with Gasteiger partial charge in [-0.3, -0.25) is 4.79 Å².